The Hall–Kier alpha value is -1.06. The van der Waals surface area contributed by atoms with E-state index in [-0.39, 0.29) is 6.04 Å². The van der Waals surface area contributed by atoms with Crippen molar-refractivity contribution in [2.75, 3.05) is 0 Å². The Balaban J connectivity index is 2.52. The largest absolute Gasteiger partial charge is 0.341 e. The fraction of sp³-hybridized carbons (Fsp3) is 0.364. The maximum atomic E-state index is 6.03. The normalized spacial score (nSPS) is 13.7. The molecule has 0 unspecified atom stereocenters. The van der Waals surface area contributed by atoms with Crippen molar-refractivity contribution in [3.05, 3.63) is 29.0 Å². The van der Waals surface area contributed by atoms with Gasteiger partial charge in [-0.1, -0.05) is 31.5 Å². The lowest BCUT2D eigenvalue weighted by atomic mass is 10.1. The van der Waals surface area contributed by atoms with Crippen LogP contribution in [0, 0.1) is 5.92 Å². The van der Waals surface area contributed by atoms with Gasteiger partial charge in [0.05, 0.1) is 16.6 Å². The van der Waals surface area contributed by atoms with E-state index in [4.69, 9.17) is 17.3 Å². The highest BCUT2D eigenvalue weighted by Gasteiger charge is 2.15. The molecule has 3 nitrogen and oxygen atoms in total. The third-order valence-corrected chi connectivity index (χ3v) is 2.82. The molecule has 0 aliphatic rings. The summed E-state index contributed by atoms with van der Waals surface area (Å²) in [7, 11) is 0. The summed E-state index contributed by atoms with van der Waals surface area (Å²) in [6, 6.07) is 5.60. The smallest absolute Gasteiger partial charge is 0.124 e. The zero-order valence-corrected chi connectivity index (χ0v) is 9.55. The second-order valence-corrected chi connectivity index (χ2v) is 4.44. The Morgan fingerprint density at radius 1 is 1.40 bits per heavy atom. The minimum absolute atomic E-state index is 0.0755. The van der Waals surface area contributed by atoms with E-state index in [2.05, 4.69) is 23.8 Å². The van der Waals surface area contributed by atoms with Crippen molar-refractivity contribution in [3.8, 4) is 0 Å². The number of H-pyrrole nitrogens is 1. The van der Waals surface area contributed by atoms with Gasteiger partial charge in [-0.15, -0.1) is 0 Å². The number of aromatic amines is 1. The first kappa shape index (κ1) is 10.5. The van der Waals surface area contributed by atoms with E-state index in [1.807, 2.05) is 18.2 Å². The number of benzene rings is 1. The van der Waals surface area contributed by atoms with Crippen LogP contribution in [-0.4, -0.2) is 9.97 Å². The molecule has 1 atom stereocenters. The number of rotatable bonds is 2. The molecule has 0 saturated carbocycles. The number of hydrogen-bond donors (Lipinski definition) is 2. The van der Waals surface area contributed by atoms with Crippen molar-refractivity contribution in [1.29, 1.82) is 0 Å². The highest BCUT2D eigenvalue weighted by Crippen LogP contribution is 2.24. The van der Waals surface area contributed by atoms with Gasteiger partial charge in [0, 0.05) is 0 Å². The van der Waals surface area contributed by atoms with Crippen LogP contribution in [0.25, 0.3) is 11.0 Å². The molecule has 3 N–H and O–H groups in total. The second-order valence-electron chi connectivity index (χ2n) is 4.03. The number of aromatic nitrogens is 2. The van der Waals surface area contributed by atoms with Crippen molar-refractivity contribution in [1.82, 2.24) is 9.97 Å². The number of nitrogens with two attached hydrogens (primary N) is 1. The van der Waals surface area contributed by atoms with Gasteiger partial charge >= 0.3 is 0 Å². The Morgan fingerprint density at radius 3 is 2.73 bits per heavy atom. The number of nitrogens with one attached hydrogen (secondary N) is 1. The molecule has 1 aromatic heterocycles. The molecule has 0 aliphatic carbocycles. The molecule has 80 valence electrons. The number of halogens is 1. The maximum Gasteiger partial charge on any atom is 0.124 e. The third kappa shape index (κ3) is 1.85. The molecule has 4 heteroatoms. The van der Waals surface area contributed by atoms with Gasteiger partial charge in [0.15, 0.2) is 0 Å². The van der Waals surface area contributed by atoms with Crippen LogP contribution in [-0.2, 0) is 0 Å². The summed E-state index contributed by atoms with van der Waals surface area (Å²) >= 11 is 6.03. The van der Waals surface area contributed by atoms with E-state index in [0.29, 0.717) is 10.9 Å². The number of para-hydroxylation sites is 1. The molecule has 2 rings (SSSR count). The number of fused-ring (bicyclic) bond motifs is 1. The minimum Gasteiger partial charge on any atom is -0.341 e. The van der Waals surface area contributed by atoms with Crippen LogP contribution in [0.15, 0.2) is 18.2 Å². The zero-order chi connectivity index (χ0) is 11.0. The lowest BCUT2D eigenvalue weighted by Gasteiger charge is -2.11. The zero-order valence-electron chi connectivity index (χ0n) is 8.79. The van der Waals surface area contributed by atoms with Crippen LogP contribution in [0.2, 0.25) is 5.02 Å². The van der Waals surface area contributed by atoms with E-state index in [1.54, 1.807) is 0 Å². The predicted octanol–water partition coefficient (Wildman–Crippen LogP) is 2.87. The summed E-state index contributed by atoms with van der Waals surface area (Å²) in [5.74, 6) is 1.15. The molecule has 0 saturated heterocycles. The van der Waals surface area contributed by atoms with Crippen molar-refractivity contribution >= 4 is 22.6 Å². The van der Waals surface area contributed by atoms with Crippen LogP contribution in [0.1, 0.15) is 25.7 Å². The van der Waals surface area contributed by atoms with Gasteiger partial charge in [-0.25, -0.2) is 4.98 Å². The summed E-state index contributed by atoms with van der Waals surface area (Å²) in [6.07, 6.45) is 0. The molecular formula is C11H14ClN3. The van der Waals surface area contributed by atoms with Gasteiger partial charge in [-0.05, 0) is 18.1 Å². The monoisotopic (exact) mass is 223 g/mol. The molecule has 1 heterocycles. The van der Waals surface area contributed by atoms with E-state index >= 15 is 0 Å². The molecule has 0 amide bonds. The van der Waals surface area contributed by atoms with Crippen LogP contribution < -0.4 is 5.73 Å². The fourth-order valence-electron chi connectivity index (χ4n) is 1.49. The first-order valence-electron chi connectivity index (χ1n) is 4.99. The second kappa shape index (κ2) is 3.83. The van der Waals surface area contributed by atoms with Gasteiger partial charge in [0.2, 0.25) is 0 Å². The first-order chi connectivity index (χ1) is 7.09. The van der Waals surface area contributed by atoms with Gasteiger partial charge < -0.3 is 10.7 Å². The first-order valence-corrected chi connectivity index (χ1v) is 5.37. The van der Waals surface area contributed by atoms with Crippen LogP contribution in [0.4, 0.5) is 0 Å². The number of hydrogen-bond acceptors (Lipinski definition) is 2. The van der Waals surface area contributed by atoms with Crippen LogP contribution in [0.3, 0.4) is 0 Å². The molecule has 2 aromatic rings. The maximum absolute atomic E-state index is 6.03. The van der Waals surface area contributed by atoms with Crippen LogP contribution >= 0.6 is 11.6 Å². The highest BCUT2D eigenvalue weighted by molar-refractivity contribution is 6.34. The van der Waals surface area contributed by atoms with E-state index in [1.165, 1.54) is 0 Å². The third-order valence-electron chi connectivity index (χ3n) is 2.52. The van der Waals surface area contributed by atoms with E-state index in [0.717, 1.165) is 16.9 Å². The summed E-state index contributed by atoms with van der Waals surface area (Å²) < 4.78 is 0. The Bertz CT molecular complexity index is 476. The van der Waals surface area contributed by atoms with Crippen molar-refractivity contribution < 1.29 is 0 Å². The molecule has 0 spiro atoms. The lowest BCUT2D eigenvalue weighted by molar-refractivity contribution is 0.495. The van der Waals surface area contributed by atoms with E-state index < -0.39 is 0 Å². The summed E-state index contributed by atoms with van der Waals surface area (Å²) in [4.78, 5) is 7.62. The molecule has 0 radical (unpaired) electrons. The number of imidazole rings is 1. The summed E-state index contributed by atoms with van der Waals surface area (Å²) in [6.45, 7) is 4.14. The minimum atomic E-state index is -0.0755. The molecule has 0 bridgehead atoms. The lowest BCUT2D eigenvalue weighted by Crippen LogP contribution is -2.18. The van der Waals surface area contributed by atoms with Crippen molar-refractivity contribution in [2.24, 2.45) is 11.7 Å². The number of nitrogens with zero attached hydrogens (tertiary/aromatic N) is 1. The van der Waals surface area contributed by atoms with E-state index in [9.17, 15) is 0 Å². The highest BCUT2D eigenvalue weighted by atomic mass is 35.5. The molecule has 15 heavy (non-hydrogen) atoms. The fourth-order valence-corrected chi connectivity index (χ4v) is 1.71. The SMILES string of the molecule is CC(C)[C@H](N)c1nc2c(Cl)cccc2[nH]1. The quantitative estimate of drug-likeness (QED) is 0.823. The molecule has 0 aliphatic heterocycles. The summed E-state index contributed by atoms with van der Waals surface area (Å²) in [5.41, 5.74) is 7.75. The van der Waals surface area contributed by atoms with Crippen LogP contribution in [0.5, 0.6) is 0 Å². The average molecular weight is 224 g/mol. The average Bonchev–Trinajstić information content (AvgIpc) is 2.61. The molecule has 0 fully saturated rings. The molecular weight excluding hydrogens is 210 g/mol. The summed E-state index contributed by atoms with van der Waals surface area (Å²) in [5, 5.41) is 0.658. The molecule has 1 aromatic carbocycles. The standard InChI is InChI=1S/C11H14ClN3/c1-6(2)9(13)11-14-8-5-3-4-7(12)10(8)15-11/h3-6,9H,13H2,1-2H3,(H,14,15)/t9-/m0/s1. The Kier molecular flexibility index (Phi) is 2.67. The van der Waals surface area contributed by atoms with Gasteiger partial charge in [-0.2, -0.15) is 0 Å². The Morgan fingerprint density at radius 2 is 2.13 bits per heavy atom. The topological polar surface area (TPSA) is 54.7 Å². The van der Waals surface area contributed by atoms with Crippen molar-refractivity contribution in [2.45, 2.75) is 19.9 Å². The van der Waals surface area contributed by atoms with Gasteiger partial charge in [0.25, 0.3) is 0 Å². The van der Waals surface area contributed by atoms with Gasteiger partial charge in [-0.3, -0.25) is 0 Å². The van der Waals surface area contributed by atoms with Crippen molar-refractivity contribution in [3.63, 3.8) is 0 Å². The predicted molar refractivity (Wildman–Crippen MR) is 62.9 cm³/mol. The Labute approximate surface area is 93.6 Å². The van der Waals surface area contributed by atoms with Gasteiger partial charge in [0.1, 0.15) is 11.3 Å².